The van der Waals surface area contributed by atoms with Crippen LogP contribution in [0.4, 0.5) is 0 Å². The van der Waals surface area contributed by atoms with E-state index in [1.54, 1.807) is 36.0 Å². The molecule has 0 aromatic heterocycles. The molecule has 1 aromatic rings. The second kappa shape index (κ2) is 21.6. The van der Waals surface area contributed by atoms with Gasteiger partial charge in [-0.1, -0.05) is 99.7 Å². The molecule has 0 radical (unpaired) electrons. The van der Waals surface area contributed by atoms with Crippen LogP contribution < -0.4 is 4.74 Å². The molecule has 4 nitrogen and oxygen atoms in total. The number of carbonyl (C=O) groups excluding carboxylic acids is 1. The molecule has 1 aromatic carbocycles. The van der Waals surface area contributed by atoms with Gasteiger partial charge in [0.05, 0.1) is 5.56 Å². The molecule has 0 spiro atoms. The highest BCUT2D eigenvalue weighted by molar-refractivity contribution is 8.01. The van der Waals surface area contributed by atoms with E-state index in [9.17, 15) is 15.0 Å². The number of benzene rings is 1. The maximum absolute atomic E-state index is 13.1. The Morgan fingerprint density at radius 1 is 0.816 bits per heavy atom. The van der Waals surface area contributed by atoms with Crippen LogP contribution in [-0.4, -0.2) is 26.7 Å². The molecule has 0 amide bonds. The first kappa shape index (κ1) is 33.7. The van der Waals surface area contributed by atoms with Gasteiger partial charge in [-0.3, -0.25) is 4.79 Å². The van der Waals surface area contributed by atoms with Gasteiger partial charge >= 0.3 is 5.97 Å². The van der Waals surface area contributed by atoms with Crippen molar-refractivity contribution in [3.8, 4) is 5.75 Å². The lowest BCUT2D eigenvalue weighted by molar-refractivity contribution is -0.137. The third-order valence-electron chi connectivity index (χ3n) is 6.22. The second-order valence-electron chi connectivity index (χ2n) is 9.05. The molecule has 0 saturated heterocycles. The summed E-state index contributed by atoms with van der Waals surface area (Å²) in [6.07, 6.45) is 29.9. The van der Waals surface area contributed by atoms with Gasteiger partial charge in [0.2, 0.25) is 0 Å². The van der Waals surface area contributed by atoms with Crippen LogP contribution in [0.15, 0.2) is 85.0 Å². The molecule has 0 atom stereocenters. The van der Waals surface area contributed by atoms with Crippen LogP contribution in [-0.2, 0) is 4.79 Å². The Hall–Kier alpha value is -2.34. The Labute approximate surface area is 235 Å². The summed E-state index contributed by atoms with van der Waals surface area (Å²) in [7, 11) is 0. The maximum Gasteiger partial charge on any atom is 0.327 e. The van der Waals surface area contributed by atoms with Gasteiger partial charge in [0.15, 0.2) is 6.29 Å². The second-order valence-corrected chi connectivity index (χ2v) is 10.5. The van der Waals surface area contributed by atoms with Crippen LogP contribution in [0.3, 0.4) is 0 Å². The van der Waals surface area contributed by atoms with Crippen molar-refractivity contribution in [3.63, 3.8) is 0 Å². The number of rotatable bonds is 20. The summed E-state index contributed by atoms with van der Waals surface area (Å²) in [5.41, 5.74) is 0.198. The van der Waals surface area contributed by atoms with Gasteiger partial charge in [-0.25, -0.2) is 0 Å². The number of allylic oxidation sites excluding steroid dienone is 10. The summed E-state index contributed by atoms with van der Waals surface area (Å²) in [4.78, 5) is 13.1. The lowest BCUT2D eigenvalue weighted by Crippen LogP contribution is -2.38. The number of ether oxygens (including phenoxy) is 1. The molecular formula is C33H48O4S. The fraction of sp³-hybridized carbons (Fsp3) is 0.485. The molecule has 210 valence electrons. The van der Waals surface area contributed by atoms with Gasteiger partial charge < -0.3 is 14.9 Å². The van der Waals surface area contributed by atoms with E-state index in [1.165, 1.54) is 0 Å². The number of unbranched alkanes of at least 4 members (excludes halogenated alkanes) is 2. The standard InChI is InChI=1S/C33H48O4S/c1-4-7-8-9-10-11-12-13-14-15-16-17-18-19-20-21-22-25-28-38-33(5-2,6-3)32(36)37-30-27-24-23-26-29(30)31(34)35/h7-8,10-11,13-14,16-17,19-20,23-24,26-27,31,34-35H,4-6,9,12,15,18,21-22,25,28H2,1-3H3. The fourth-order valence-corrected chi connectivity index (χ4v) is 5.09. The van der Waals surface area contributed by atoms with Crippen molar-refractivity contribution in [2.75, 3.05) is 5.75 Å². The van der Waals surface area contributed by atoms with Crippen LogP contribution in [0.5, 0.6) is 5.75 Å². The Balaban J connectivity index is 2.27. The molecule has 1 rings (SSSR count). The number of carbonyl (C=O) groups is 1. The first-order valence-corrected chi connectivity index (χ1v) is 15.1. The summed E-state index contributed by atoms with van der Waals surface area (Å²) in [5, 5.41) is 19.1. The molecule has 0 unspecified atom stereocenters. The number of esters is 1. The normalized spacial score (nSPS) is 12.9. The SMILES string of the molecule is CCC=CCC=CCC=CCC=CCC=CCCCCSC(CC)(CC)C(=O)Oc1ccccc1C(O)O. The van der Waals surface area contributed by atoms with Crippen molar-refractivity contribution in [2.24, 2.45) is 0 Å². The highest BCUT2D eigenvalue weighted by atomic mass is 32.2. The fourth-order valence-electron chi connectivity index (χ4n) is 3.78. The van der Waals surface area contributed by atoms with E-state index in [2.05, 4.69) is 67.7 Å². The van der Waals surface area contributed by atoms with E-state index in [4.69, 9.17) is 4.74 Å². The number of hydrogen-bond donors (Lipinski definition) is 2. The Morgan fingerprint density at radius 2 is 1.34 bits per heavy atom. The van der Waals surface area contributed by atoms with Crippen LogP contribution in [0, 0.1) is 0 Å². The Bertz CT molecular complexity index is 907. The van der Waals surface area contributed by atoms with Crippen LogP contribution in [0.2, 0.25) is 0 Å². The summed E-state index contributed by atoms with van der Waals surface area (Å²) in [5.74, 6) is 0.766. The minimum Gasteiger partial charge on any atom is -0.425 e. The predicted molar refractivity (Wildman–Crippen MR) is 163 cm³/mol. The minimum absolute atomic E-state index is 0.198. The van der Waals surface area contributed by atoms with Crippen LogP contribution in [0.25, 0.3) is 0 Å². The smallest absolute Gasteiger partial charge is 0.327 e. The monoisotopic (exact) mass is 540 g/mol. The summed E-state index contributed by atoms with van der Waals surface area (Å²) >= 11 is 1.65. The largest absolute Gasteiger partial charge is 0.425 e. The first-order valence-electron chi connectivity index (χ1n) is 14.1. The Morgan fingerprint density at radius 3 is 1.87 bits per heavy atom. The topological polar surface area (TPSA) is 66.8 Å². The minimum atomic E-state index is -1.68. The van der Waals surface area contributed by atoms with Crippen molar-refractivity contribution in [1.29, 1.82) is 0 Å². The molecule has 0 heterocycles. The van der Waals surface area contributed by atoms with E-state index in [1.807, 2.05) is 13.8 Å². The van der Waals surface area contributed by atoms with Gasteiger partial charge in [0, 0.05) is 0 Å². The molecule has 0 aliphatic carbocycles. The molecule has 5 heteroatoms. The zero-order chi connectivity index (χ0) is 27.9. The van der Waals surface area contributed by atoms with E-state index in [0.717, 1.165) is 57.1 Å². The third-order valence-corrected chi connectivity index (χ3v) is 8.00. The van der Waals surface area contributed by atoms with Crippen molar-refractivity contribution in [2.45, 2.75) is 96.0 Å². The van der Waals surface area contributed by atoms with Gasteiger partial charge in [-0.15, -0.1) is 11.8 Å². The predicted octanol–water partition coefficient (Wildman–Crippen LogP) is 8.79. The van der Waals surface area contributed by atoms with Crippen molar-refractivity contribution in [1.82, 2.24) is 0 Å². The van der Waals surface area contributed by atoms with Gasteiger partial charge in [0.25, 0.3) is 0 Å². The maximum atomic E-state index is 13.1. The van der Waals surface area contributed by atoms with E-state index < -0.39 is 11.0 Å². The molecule has 0 aliphatic heterocycles. The number of para-hydroxylation sites is 1. The zero-order valence-corrected chi connectivity index (χ0v) is 24.4. The van der Waals surface area contributed by atoms with E-state index in [0.29, 0.717) is 12.8 Å². The van der Waals surface area contributed by atoms with Gasteiger partial charge in [-0.2, -0.15) is 0 Å². The summed E-state index contributed by atoms with van der Waals surface area (Å²) < 4.78 is 5.00. The van der Waals surface area contributed by atoms with Gasteiger partial charge in [0.1, 0.15) is 10.5 Å². The molecule has 0 bridgehead atoms. The summed E-state index contributed by atoms with van der Waals surface area (Å²) in [6, 6.07) is 6.55. The highest BCUT2D eigenvalue weighted by Gasteiger charge is 2.37. The number of aliphatic hydroxyl groups is 2. The first-order chi connectivity index (χ1) is 18.5. The molecule has 38 heavy (non-hydrogen) atoms. The summed E-state index contributed by atoms with van der Waals surface area (Å²) in [6.45, 7) is 6.15. The third kappa shape index (κ3) is 14.0. The van der Waals surface area contributed by atoms with Crippen LogP contribution in [0.1, 0.15) is 96.8 Å². The zero-order valence-electron chi connectivity index (χ0n) is 23.6. The molecule has 0 aliphatic rings. The molecular weight excluding hydrogens is 492 g/mol. The quantitative estimate of drug-likeness (QED) is 0.0569. The lowest BCUT2D eigenvalue weighted by atomic mass is 10.0. The average molecular weight is 541 g/mol. The van der Waals surface area contributed by atoms with Crippen molar-refractivity contribution < 1.29 is 19.7 Å². The molecule has 0 fully saturated rings. The average Bonchev–Trinajstić information content (AvgIpc) is 2.92. The highest BCUT2D eigenvalue weighted by Crippen LogP contribution is 2.36. The van der Waals surface area contributed by atoms with E-state index >= 15 is 0 Å². The van der Waals surface area contributed by atoms with E-state index in [-0.39, 0.29) is 17.3 Å². The number of hydrogen-bond acceptors (Lipinski definition) is 5. The molecule has 0 saturated carbocycles. The van der Waals surface area contributed by atoms with Crippen LogP contribution >= 0.6 is 11.8 Å². The van der Waals surface area contributed by atoms with Gasteiger partial charge in [-0.05, 0) is 76.0 Å². The Kier molecular flexibility index (Phi) is 19.1. The number of thioether (sulfide) groups is 1. The lowest BCUT2D eigenvalue weighted by Gasteiger charge is -2.29. The molecule has 2 N–H and O–H groups in total. The number of aliphatic hydroxyl groups excluding tert-OH is 1. The van der Waals surface area contributed by atoms with Crippen molar-refractivity contribution >= 4 is 17.7 Å². The van der Waals surface area contributed by atoms with Crippen molar-refractivity contribution in [3.05, 3.63) is 90.6 Å².